The Labute approximate surface area is 99.0 Å². The van der Waals surface area contributed by atoms with Gasteiger partial charge in [-0.25, -0.2) is 4.39 Å². The van der Waals surface area contributed by atoms with Crippen molar-refractivity contribution in [2.24, 2.45) is 0 Å². The molecule has 0 saturated heterocycles. The first-order valence-corrected chi connectivity index (χ1v) is 5.48. The molecule has 16 heavy (non-hydrogen) atoms. The second kappa shape index (κ2) is 5.80. The molecule has 1 amide bonds. The van der Waals surface area contributed by atoms with Crippen LogP contribution in [0, 0.1) is 5.82 Å². The summed E-state index contributed by atoms with van der Waals surface area (Å²) in [6.45, 7) is 3.67. The fourth-order valence-corrected chi connectivity index (χ4v) is 1.67. The molecule has 0 aliphatic heterocycles. The molecule has 0 aliphatic rings. The van der Waals surface area contributed by atoms with E-state index in [9.17, 15) is 9.18 Å². The summed E-state index contributed by atoms with van der Waals surface area (Å²) in [6.07, 6.45) is 3.04. The monoisotopic (exact) mass is 244 g/mol. The lowest BCUT2D eigenvalue weighted by Gasteiger charge is -2.15. The van der Waals surface area contributed by atoms with Crippen molar-refractivity contribution in [2.45, 2.75) is 31.7 Å². The summed E-state index contributed by atoms with van der Waals surface area (Å²) in [4.78, 5) is 15.2. The van der Waals surface area contributed by atoms with Gasteiger partial charge in [0.1, 0.15) is 0 Å². The van der Waals surface area contributed by atoms with E-state index in [0.717, 1.165) is 6.20 Å². The molecule has 5 heteroatoms. The normalized spacial score (nSPS) is 14.2. The zero-order valence-electron chi connectivity index (χ0n) is 9.21. The number of rotatable bonds is 4. The number of aromatic nitrogens is 1. The Morgan fingerprint density at radius 2 is 2.31 bits per heavy atom. The number of nitrogens with one attached hydrogen (secondary N) is 1. The Kier molecular flexibility index (Phi) is 4.68. The lowest BCUT2D eigenvalue weighted by atomic mass is 10.1. The quantitative estimate of drug-likeness (QED) is 0.827. The molecule has 0 bridgehead atoms. The smallest absolute Gasteiger partial charge is 0.254 e. The fraction of sp³-hybridized carbons (Fsp3) is 0.455. The maximum Gasteiger partial charge on any atom is 0.254 e. The van der Waals surface area contributed by atoms with Gasteiger partial charge in [-0.2, -0.15) is 0 Å². The molecule has 1 aromatic heterocycles. The summed E-state index contributed by atoms with van der Waals surface area (Å²) < 4.78 is 13.2. The van der Waals surface area contributed by atoms with Gasteiger partial charge in [0, 0.05) is 17.6 Å². The first-order valence-electron chi connectivity index (χ1n) is 5.05. The number of nitrogens with zero attached hydrogens (tertiary/aromatic N) is 1. The van der Waals surface area contributed by atoms with E-state index in [0.29, 0.717) is 6.42 Å². The van der Waals surface area contributed by atoms with Gasteiger partial charge >= 0.3 is 0 Å². The Morgan fingerprint density at radius 3 is 2.88 bits per heavy atom. The maximum atomic E-state index is 13.2. The largest absolute Gasteiger partial charge is 0.349 e. The lowest BCUT2D eigenvalue weighted by molar-refractivity contribution is 0.0934. The summed E-state index contributed by atoms with van der Waals surface area (Å²) in [7, 11) is 0. The molecular formula is C11H14ClFN2O. The van der Waals surface area contributed by atoms with Crippen molar-refractivity contribution in [1.82, 2.24) is 10.3 Å². The molecule has 0 saturated carbocycles. The first kappa shape index (κ1) is 12.9. The molecule has 0 aliphatic carbocycles. The number of carbonyl (C=O) groups excluding carboxylic acids is 1. The van der Waals surface area contributed by atoms with Crippen molar-refractivity contribution in [3.63, 3.8) is 0 Å². The predicted molar refractivity (Wildman–Crippen MR) is 61.1 cm³/mol. The molecule has 0 aromatic carbocycles. The number of halogens is 2. The number of pyridine rings is 1. The highest BCUT2D eigenvalue weighted by molar-refractivity contribution is 6.20. The van der Waals surface area contributed by atoms with Crippen molar-refractivity contribution in [2.75, 3.05) is 0 Å². The van der Waals surface area contributed by atoms with Gasteiger partial charge < -0.3 is 5.32 Å². The van der Waals surface area contributed by atoms with E-state index < -0.39 is 11.7 Å². The Bertz CT molecular complexity index is 371. The molecule has 0 spiro atoms. The molecule has 2 atom stereocenters. The van der Waals surface area contributed by atoms with Crippen LogP contribution in [0.4, 0.5) is 4.39 Å². The summed E-state index contributed by atoms with van der Waals surface area (Å²) in [6, 6.07) is 1.26. The molecule has 0 fully saturated rings. The minimum atomic E-state index is -0.619. The van der Waals surface area contributed by atoms with Crippen LogP contribution in [0.1, 0.15) is 30.6 Å². The van der Waals surface area contributed by atoms with Crippen molar-refractivity contribution in [3.8, 4) is 0 Å². The second-order valence-electron chi connectivity index (χ2n) is 3.75. The fourth-order valence-electron chi connectivity index (χ4n) is 1.41. The minimum Gasteiger partial charge on any atom is -0.349 e. The number of amides is 1. The molecular weight excluding hydrogens is 231 g/mol. The highest BCUT2D eigenvalue weighted by Gasteiger charge is 2.14. The van der Waals surface area contributed by atoms with E-state index in [-0.39, 0.29) is 17.0 Å². The minimum absolute atomic E-state index is 0.00377. The van der Waals surface area contributed by atoms with Gasteiger partial charge in [-0.05, 0) is 26.3 Å². The van der Waals surface area contributed by atoms with E-state index in [1.54, 1.807) is 0 Å². The first-order chi connectivity index (χ1) is 7.50. The molecule has 1 rings (SSSR count). The van der Waals surface area contributed by atoms with Crippen molar-refractivity contribution in [1.29, 1.82) is 0 Å². The van der Waals surface area contributed by atoms with Crippen LogP contribution < -0.4 is 5.32 Å². The summed E-state index contributed by atoms with van der Waals surface area (Å²) in [5, 5.41) is 2.65. The van der Waals surface area contributed by atoms with Crippen molar-refractivity contribution in [3.05, 3.63) is 29.8 Å². The van der Waals surface area contributed by atoms with Crippen molar-refractivity contribution < 1.29 is 9.18 Å². The van der Waals surface area contributed by atoms with Gasteiger partial charge in [-0.3, -0.25) is 9.78 Å². The standard InChI is InChI=1S/C11H14ClFN2O/c1-7(12)5-8(2)15-11(16)9-3-4-14-6-10(9)13/h3-4,6-8H,5H2,1-2H3,(H,15,16). The lowest BCUT2D eigenvalue weighted by Crippen LogP contribution is -2.34. The highest BCUT2D eigenvalue weighted by atomic mass is 35.5. The Hall–Kier alpha value is -1.16. The number of hydrogen-bond acceptors (Lipinski definition) is 2. The molecule has 1 aromatic rings. The zero-order chi connectivity index (χ0) is 12.1. The second-order valence-corrected chi connectivity index (χ2v) is 4.49. The van der Waals surface area contributed by atoms with Crippen LogP contribution in [0.3, 0.4) is 0 Å². The van der Waals surface area contributed by atoms with Gasteiger partial charge in [0.25, 0.3) is 5.91 Å². The summed E-state index contributed by atoms with van der Waals surface area (Å²) >= 11 is 5.80. The predicted octanol–water partition coefficient (Wildman–Crippen LogP) is 2.36. The third-order valence-electron chi connectivity index (χ3n) is 2.07. The van der Waals surface area contributed by atoms with Crippen LogP contribution in [-0.4, -0.2) is 22.3 Å². The van der Waals surface area contributed by atoms with Gasteiger partial charge in [0.05, 0.1) is 11.8 Å². The number of carbonyl (C=O) groups is 1. The average molecular weight is 245 g/mol. The molecule has 2 unspecified atom stereocenters. The van der Waals surface area contributed by atoms with Crippen LogP contribution >= 0.6 is 11.6 Å². The topological polar surface area (TPSA) is 42.0 Å². The van der Waals surface area contributed by atoms with Crippen LogP contribution in [0.15, 0.2) is 18.5 Å². The van der Waals surface area contributed by atoms with Crippen LogP contribution in [0.2, 0.25) is 0 Å². The molecule has 3 nitrogen and oxygen atoms in total. The third-order valence-corrected chi connectivity index (χ3v) is 2.25. The van der Waals surface area contributed by atoms with Crippen LogP contribution in [0.5, 0.6) is 0 Å². The SMILES string of the molecule is CC(Cl)CC(C)NC(=O)c1ccncc1F. The third kappa shape index (κ3) is 3.77. The Balaban J connectivity index is 2.63. The van der Waals surface area contributed by atoms with Gasteiger partial charge in [-0.15, -0.1) is 11.6 Å². The maximum absolute atomic E-state index is 13.2. The van der Waals surface area contributed by atoms with E-state index in [2.05, 4.69) is 10.3 Å². The molecule has 88 valence electrons. The van der Waals surface area contributed by atoms with Gasteiger partial charge in [0.2, 0.25) is 0 Å². The summed E-state index contributed by atoms with van der Waals surface area (Å²) in [5.74, 6) is -1.06. The van der Waals surface area contributed by atoms with E-state index in [1.807, 2.05) is 13.8 Å². The summed E-state index contributed by atoms with van der Waals surface area (Å²) in [5.41, 5.74) is 0.00377. The number of alkyl halides is 1. The zero-order valence-corrected chi connectivity index (χ0v) is 9.96. The van der Waals surface area contributed by atoms with E-state index >= 15 is 0 Å². The van der Waals surface area contributed by atoms with Crippen LogP contribution in [-0.2, 0) is 0 Å². The molecule has 1 heterocycles. The van der Waals surface area contributed by atoms with E-state index in [4.69, 9.17) is 11.6 Å². The average Bonchev–Trinajstić information content (AvgIpc) is 2.16. The number of hydrogen-bond donors (Lipinski definition) is 1. The van der Waals surface area contributed by atoms with Gasteiger partial charge in [-0.1, -0.05) is 0 Å². The highest BCUT2D eigenvalue weighted by Crippen LogP contribution is 2.07. The van der Waals surface area contributed by atoms with Crippen LogP contribution in [0.25, 0.3) is 0 Å². The van der Waals surface area contributed by atoms with E-state index in [1.165, 1.54) is 12.3 Å². The molecule has 1 N–H and O–H groups in total. The van der Waals surface area contributed by atoms with Crippen molar-refractivity contribution >= 4 is 17.5 Å². The molecule has 0 radical (unpaired) electrons. The van der Waals surface area contributed by atoms with Gasteiger partial charge in [0.15, 0.2) is 5.82 Å². The Morgan fingerprint density at radius 1 is 1.62 bits per heavy atom.